The topological polar surface area (TPSA) is 162 Å². The molecule has 0 radical (unpaired) electrons. The molecule has 2 saturated heterocycles. The van der Waals surface area contributed by atoms with Crippen LogP contribution in [0.25, 0.3) is 0 Å². The number of amides is 2. The first-order valence-corrected chi connectivity index (χ1v) is 9.45. The van der Waals surface area contributed by atoms with Gasteiger partial charge >= 0.3 is 5.97 Å². The normalized spacial score (nSPS) is 24.3. The Morgan fingerprint density at radius 1 is 0.906 bits per heavy atom. The molecule has 32 heavy (non-hydrogen) atoms. The average Bonchev–Trinajstić information content (AvgIpc) is 3.30. The second-order valence-electron chi connectivity index (χ2n) is 7.33. The number of fused-ring (bicyclic) bond motifs is 1. The number of methoxy groups -OCH3 is 1. The van der Waals surface area contributed by atoms with E-state index in [1.165, 1.54) is 48.5 Å². The Bertz CT molecular complexity index is 1130. The van der Waals surface area contributed by atoms with Crippen LogP contribution >= 0.6 is 0 Å². The summed E-state index contributed by atoms with van der Waals surface area (Å²) in [6, 6.07) is 8.50. The summed E-state index contributed by atoms with van der Waals surface area (Å²) in [6.45, 7) is 0. The van der Waals surface area contributed by atoms with Crippen molar-refractivity contribution < 1.29 is 29.0 Å². The van der Waals surface area contributed by atoms with E-state index in [1.807, 2.05) is 0 Å². The summed E-state index contributed by atoms with van der Waals surface area (Å²) in [5.41, 5.74) is 0.287. The molecule has 1 N–H and O–H groups in total. The highest BCUT2D eigenvalue weighted by Crippen LogP contribution is 2.45. The number of non-ortho nitro benzene ring substituents is 2. The first-order valence-electron chi connectivity index (χ1n) is 9.45. The summed E-state index contributed by atoms with van der Waals surface area (Å²) < 4.78 is 4.80. The van der Waals surface area contributed by atoms with Gasteiger partial charge in [-0.15, -0.1) is 0 Å². The predicted octanol–water partition coefficient (Wildman–Crippen LogP) is 1.49. The first kappa shape index (κ1) is 21.1. The van der Waals surface area contributed by atoms with Crippen LogP contribution in [-0.4, -0.2) is 40.8 Å². The molecule has 0 aromatic heterocycles. The molecular weight excluding hydrogens is 424 g/mol. The fraction of sp³-hybridized carbons (Fsp3) is 0.250. The number of hydrogen-bond acceptors (Lipinski definition) is 9. The zero-order valence-corrected chi connectivity index (χ0v) is 16.5. The second-order valence-corrected chi connectivity index (χ2v) is 7.33. The Kier molecular flexibility index (Phi) is 5.14. The lowest BCUT2D eigenvalue weighted by molar-refractivity contribution is -0.385. The van der Waals surface area contributed by atoms with Crippen LogP contribution in [0, 0.1) is 32.1 Å². The van der Waals surface area contributed by atoms with Gasteiger partial charge in [0.15, 0.2) is 0 Å². The quantitative estimate of drug-likeness (QED) is 0.314. The molecule has 0 unspecified atom stereocenters. The van der Waals surface area contributed by atoms with E-state index in [0.29, 0.717) is 5.56 Å². The van der Waals surface area contributed by atoms with Crippen molar-refractivity contribution >= 4 is 34.8 Å². The number of rotatable bonds is 5. The van der Waals surface area contributed by atoms with Gasteiger partial charge in [0.05, 0.1) is 34.5 Å². The molecule has 0 spiro atoms. The summed E-state index contributed by atoms with van der Waals surface area (Å²) in [5, 5.41) is 24.8. The van der Waals surface area contributed by atoms with Crippen molar-refractivity contribution in [2.24, 2.45) is 11.8 Å². The molecule has 4 rings (SSSR count). The average molecular weight is 440 g/mol. The number of nitro groups is 2. The highest BCUT2D eigenvalue weighted by molar-refractivity contribution is 6.23. The highest BCUT2D eigenvalue weighted by atomic mass is 16.6. The van der Waals surface area contributed by atoms with Gasteiger partial charge in [0.25, 0.3) is 11.4 Å². The van der Waals surface area contributed by atoms with Crippen LogP contribution in [0.4, 0.5) is 17.1 Å². The predicted molar refractivity (Wildman–Crippen MR) is 107 cm³/mol. The third-order valence-corrected chi connectivity index (χ3v) is 5.71. The first-order chi connectivity index (χ1) is 15.2. The summed E-state index contributed by atoms with van der Waals surface area (Å²) in [6.07, 6.45) is 0. The minimum absolute atomic E-state index is 0.144. The van der Waals surface area contributed by atoms with Crippen molar-refractivity contribution in [1.29, 1.82) is 0 Å². The van der Waals surface area contributed by atoms with Crippen molar-refractivity contribution in [1.82, 2.24) is 5.32 Å². The van der Waals surface area contributed by atoms with E-state index in [4.69, 9.17) is 4.74 Å². The molecule has 164 valence electrons. The van der Waals surface area contributed by atoms with Gasteiger partial charge in [-0.3, -0.25) is 39.9 Å². The smallest absolute Gasteiger partial charge is 0.323 e. The van der Waals surface area contributed by atoms with Crippen molar-refractivity contribution in [2.75, 3.05) is 12.0 Å². The summed E-state index contributed by atoms with van der Waals surface area (Å²) in [4.78, 5) is 60.4. The van der Waals surface area contributed by atoms with Crippen molar-refractivity contribution in [3.05, 3.63) is 74.3 Å². The van der Waals surface area contributed by atoms with E-state index >= 15 is 0 Å². The lowest BCUT2D eigenvalue weighted by atomic mass is 9.86. The molecule has 4 atom stereocenters. The Balaban J connectivity index is 1.73. The number of nitrogens with zero attached hydrogens (tertiary/aromatic N) is 3. The van der Waals surface area contributed by atoms with E-state index in [9.17, 15) is 34.6 Å². The maximum Gasteiger partial charge on any atom is 0.323 e. The van der Waals surface area contributed by atoms with Gasteiger partial charge in [-0.2, -0.15) is 0 Å². The van der Waals surface area contributed by atoms with Crippen LogP contribution in [0.3, 0.4) is 0 Å². The number of benzene rings is 2. The van der Waals surface area contributed by atoms with E-state index in [2.05, 4.69) is 5.32 Å². The Hall–Kier alpha value is -4.19. The molecule has 12 heteroatoms. The highest BCUT2D eigenvalue weighted by Gasteiger charge is 2.61. The van der Waals surface area contributed by atoms with Crippen molar-refractivity contribution in [2.45, 2.75) is 12.1 Å². The molecule has 2 heterocycles. The Labute approximate surface area is 180 Å². The summed E-state index contributed by atoms with van der Waals surface area (Å²) >= 11 is 0. The van der Waals surface area contributed by atoms with Crippen molar-refractivity contribution in [3.8, 4) is 0 Å². The lowest BCUT2D eigenvalue weighted by Crippen LogP contribution is -2.43. The Morgan fingerprint density at radius 3 is 1.91 bits per heavy atom. The molecule has 2 aliphatic rings. The zero-order chi connectivity index (χ0) is 23.2. The number of ether oxygens (including phenoxy) is 1. The van der Waals surface area contributed by atoms with Crippen LogP contribution in [0.5, 0.6) is 0 Å². The van der Waals surface area contributed by atoms with Gasteiger partial charge in [-0.05, 0) is 17.7 Å². The molecule has 2 aromatic carbocycles. The maximum atomic E-state index is 13.3. The lowest BCUT2D eigenvalue weighted by Gasteiger charge is -2.21. The van der Waals surface area contributed by atoms with Gasteiger partial charge in [0.1, 0.15) is 6.04 Å². The molecule has 2 amide bonds. The molecule has 0 bridgehead atoms. The van der Waals surface area contributed by atoms with E-state index in [0.717, 1.165) is 12.0 Å². The fourth-order valence-electron chi connectivity index (χ4n) is 4.24. The number of carbonyl (C=O) groups is 3. The van der Waals surface area contributed by atoms with E-state index < -0.39 is 51.5 Å². The number of hydrogen-bond donors (Lipinski definition) is 1. The molecule has 0 saturated carbocycles. The van der Waals surface area contributed by atoms with Crippen LogP contribution in [-0.2, 0) is 19.1 Å². The molecule has 2 aromatic rings. The maximum absolute atomic E-state index is 13.3. The van der Waals surface area contributed by atoms with Crippen LogP contribution in [0.15, 0.2) is 48.5 Å². The van der Waals surface area contributed by atoms with Gasteiger partial charge in [0.2, 0.25) is 11.8 Å². The van der Waals surface area contributed by atoms with Crippen LogP contribution in [0.1, 0.15) is 11.6 Å². The van der Waals surface area contributed by atoms with Gasteiger partial charge < -0.3 is 4.74 Å². The monoisotopic (exact) mass is 440 g/mol. The van der Waals surface area contributed by atoms with Crippen molar-refractivity contribution in [3.63, 3.8) is 0 Å². The third-order valence-electron chi connectivity index (χ3n) is 5.71. The number of imide groups is 1. The molecule has 12 nitrogen and oxygen atoms in total. The summed E-state index contributed by atoms with van der Waals surface area (Å²) in [7, 11) is 1.16. The third kappa shape index (κ3) is 3.26. The van der Waals surface area contributed by atoms with Gasteiger partial charge in [0, 0.05) is 30.3 Å². The summed E-state index contributed by atoms with van der Waals surface area (Å²) in [5.74, 6) is -3.98. The van der Waals surface area contributed by atoms with Gasteiger partial charge in [-0.1, -0.05) is 12.1 Å². The molecule has 2 aliphatic heterocycles. The molecular formula is C20H16N4O8. The number of anilines is 1. The van der Waals surface area contributed by atoms with E-state index in [1.54, 1.807) is 0 Å². The number of carbonyl (C=O) groups excluding carboxylic acids is 3. The number of nitro benzene ring substituents is 2. The number of esters is 1. The Morgan fingerprint density at radius 2 is 1.41 bits per heavy atom. The number of nitrogens with one attached hydrogen (secondary N) is 1. The molecule has 0 aliphatic carbocycles. The van der Waals surface area contributed by atoms with Crippen LogP contribution < -0.4 is 10.2 Å². The zero-order valence-electron chi connectivity index (χ0n) is 16.5. The largest absolute Gasteiger partial charge is 0.468 e. The minimum atomic E-state index is -1.11. The SMILES string of the molecule is COC(=O)[C@@H]1N[C@H](c2ccc([N+](=O)[O-])cc2)[C@@H]2C(=O)N(c3ccc([N+](=O)[O-])cc3)C(=O)[C@@H]21. The standard InChI is InChI=1S/C20H16N4O8/c1-32-20(27)17-15-14(16(21-17)10-2-4-12(5-3-10)23(28)29)18(25)22(19(15)26)11-6-8-13(9-7-11)24(30)31/h2-9,14-17,21H,1H3/t14-,15+,16-,17-/m1/s1. The van der Waals surface area contributed by atoms with E-state index in [-0.39, 0.29) is 17.1 Å². The second kappa shape index (κ2) is 7.81. The van der Waals surface area contributed by atoms with Crippen LogP contribution in [0.2, 0.25) is 0 Å². The fourth-order valence-corrected chi connectivity index (χ4v) is 4.24. The van der Waals surface area contributed by atoms with Gasteiger partial charge in [-0.25, -0.2) is 4.90 Å². The molecule has 2 fully saturated rings. The minimum Gasteiger partial charge on any atom is -0.468 e.